The highest BCUT2D eigenvalue weighted by molar-refractivity contribution is 5.68. The van der Waals surface area contributed by atoms with Crippen LogP contribution in [0.2, 0.25) is 0 Å². The van der Waals surface area contributed by atoms with E-state index in [4.69, 9.17) is 5.73 Å². The molecule has 2 N–H and O–H groups in total. The van der Waals surface area contributed by atoms with Crippen molar-refractivity contribution in [3.05, 3.63) is 24.0 Å². The maximum absolute atomic E-state index is 13.6. The molecule has 1 atom stereocenters. The minimum absolute atomic E-state index is 0.209. The molecule has 76 valence electrons. The van der Waals surface area contributed by atoms with Gasteiger partial charge in [0.1, 0.15) is 5.82 Å². The summed E-state index contributed by atoms with van der Waals surface area (Å²) in [6, 6.07) is 5.27. The van der Waals surface area contributed by atoms with E-state index in [1.165, 1.54) is 6.07 Å². The van der Waals surface area contributed by atoms with Crippen molar-refractivity contribution < 1.29 is 4.39 Å². The van der Waals surface area contributed by atoms with E-state index in [2.05, 4.69) is 11.8 Å². The second kappa shape index (κ2) is 3.48. The fourth-order valence-electron chi connectivity index (χ4n) is 2.10. The zero-order chi connectivity index (χ0) is 10.1. The molecule has 1 aliphatic heterocycles. The van der Waals surface area contributed by atoms with Crippen molar-refractivity contribution in [1.82, 2.24) is 0 Å². The Balaban J connectivity index is 2.39. The summed E-state index contributed by atoms with van der Waals surface area (Å²) in [6.07, 6.45) is 2.24. The van der Waals surface area contributed by atoms with Crippen molar-refractivity contribution in [3.63, 3.8) is 0 Å². The number of rotatable bonds is 1. The summed E-state index contributed by atoms with van der Waals surface area (Å²) in [6.45, 7) is 3.02. The maximum atomic E-state index is 13.6. The van der Waals surface area contributed by atoms with E-state index in [0.29, 0.717) is 17.4 Å². The largest absolute Gasteiger partial charge is 0.397 e. The fraction of sp³-hybridized carbons (Fsp3) is 0.455. The third-order valence-corrected chi connectivity index (χ3v) is 2.86. The third kappa shape index (κ3) is 1.43. The first-order valence-corrected chi connectivity index (χ1v) is 5.01. The van der Waals surface area contributed by atoms with Crippen LogP contribution in [0.5, 0.6) is 0 Å². The van der Waals surface area contributed by atoms with Crippen LogP contribution in [0.1, 0.15) is 19.8 Å². The summed E-state index contributed by atoms with van der Waals surface area (Å²) in [4.78, 5) is 2.06. The van der Waals surface area contributed by atoms with Crippen LogP contribution >= 0.6 is 0 Å². The predicted octanol–water partition coefficient (Wildman–Crippen LogP) is 2.40. The summed E-state index contributed by atoms with van der Waals surface area (Å²) >= 11 is 0. The first-order valence-electron chi connectivity index (χ1n) is 5.01. The number of nitrogen functional groups attached to an aromatic ring is 1. The molecule has 1 aliphatic rings. The normalized spacial score (nSPS) is 21.6. The minimum atomic E-state index is -0.209. The molecule has 1 unspecified atom stereocenters. The van der Waals surface area contributed by atoms with Crippen molar-refractivity contribution in [3.8, 4) is 0 Å². The lowest BCUT2D eigenvalue weighted by Crippen LogP contribution is -2.28. The summed E-state index contributed by atoms with van der Waals surface area (Å²) in [5.74, 6) is -0.209. The van der Waals surface area contributed by atoms with Crippen LogP contribution in [0.3, 0.4) is 0 Å². The molecule has 0 spiro atoms. The zero-order valence-corrected chi connectivity index (χ0v) is 8.33. The lowest BCUT2D eigenvalue weighted by Gasteiger charge is -2.25. The molecule has 0 aromatic heterocycles. The number of nitrogens with zero attached hydrogens (tertiary/aromatic N) is 1. The second-order valence-corrected chi connectivity index (χ2v) is 3.86. The molecular formula is C11H15FN2. The Morgan fingerprint density at radius 2 is 2.29 bits per heavy atom. The van der Waals surface area contributed by atoms with E-state index in [1.54, 1.807) is 12.1 Å². The third-order valence-electron chi connectivity index (χ3n) is 2.86. The number of hydrogen-bond acceptors (Lipinski definition) is 2. The highest BCUT2D eigenvalue weighted by Crippen LogP contribution is 2.32. The Morgan fingerprint density at radius 3 is 2.86 bits per heavy atom. The molecule has 0 aliphatic carbocycles. The maximum Gasteiger partial charge on any atom is 0.148 e. The standard InChI is InChI=1S/C11H15FN2/c1-8-4-3-7-14(8)11-9(12)5-2-6-10(11)13/h2,5-6,8H,3-4,7,13H2,1H3. The number of hydrogen-bond donors (Lipinski definition) is 1. The molecule has 0 saturated carbocycles. The number of anilines is 2. The first kappa shape index (κ1) is 9.31. The van der Waals surface area contributed by atoms with Crippen LogP contribution < -0.4 is 10.6 Å². The Morgan fingerprint density at radius 1 is 1.50 bits per heavy atom. The van der Waals surface area contributed by atoms with Crippen molar-refractivity contribution in [2.75, 3.05) is 17.2 Å². The first-order chi connectivity index (χ1) is 6.70. The summed E-state index contributed by atoms with van der Waals surface area (Å²) in [5, 5.41) is 0. The van der Waals surface area contributed by atoms with Gasteiger partial charge < -0.3 is 10.6 Å². The minimum Gasteiger partial charge on any atom is -0.397 e. The van der Waals surface area contributed by atoms with Gasteiger partial charge in [0, 0.05) is 12.6 Å². The fourth-order valence-corrected chi connectivity index (χ4v) is 2.10. The average molecular weight is 194 g/mol. The van der Waals surface area contributed by atoms with Crippen molar-refractivity contribution in [2.45, 2.75) is 25.8 Å². The van der Waals surface area contributed by atoms with Gasteiger partial charge in [0.15, 0.2) is 0 Å². The van der Waals surface area contributed by atoms with Gasteiger partial charge in [-0.15, -0.1) is 0 Å². The number of halogens is 1. The van der Waals surface area contributed by atoms with Gasteiger partial charge in [-0.1, -0.05) is 6.07 Å². The molecule has 1 aromatic carbocycles. The van der Waals surface area contributed by atoms with Gasteiger partial charge in [-0.25, -0.2) is 4.39 Å². The topological polar surface area (TPSA) is 29.3 Å². The molecule has 0 amide bonds. The Bertz CT molecular complexity index is 318. The smallest absolute Gasteiger partial charge is 0.148 e. The quantitative estimate of drug-likeness (QED) is 0.695. The Labute approximate surface area is 83.5 Å². The lowest BCUT2D eigenvalue weighted by atomic mass is 10.2. The molecular weight excluding hydrogens is 179 g/mol. The second-order valence-electron chi connectivity index (χ2n) is 3.86. The van der Waals surface area contributed by atoms with Crippen LogP contribution in [0.15, 0.2) is 18.2 Å². The molecule has 2 rings (SSSR count). The molecule has 1 aromatic rings. The molecule has 2 nitrogen and oxygen atoms in total. The molecule has 1 heterocycles. The highest BCUT2D eigenvalue weighted by atomic mass is 19.1. The molecule has 1 fully saturated rings. The van der Waals surface area contributed by atoms with E-state index in [-0.39, 0.29) is 5.82 Å². The van der Waals surface area contributed by atoms with Gasteiger partial charge in [0.2, 0.25) is 0 Å². The number of nitrogens with two attached hydrogens (primary N) is 1. The SMILES string of the molecule is CC1CCCN1c1c(N)cccc1F. The summed E-state index contributed by atoms with van der Waals surface area (Å²) in [7, 11) is 0. The summed E-state index contributed by atoms with van der Waals surface area (Å²) < 4.78 is 13.6. The molecule has 3 heteroatoms. The van der Waals surface area contributed by atoms with Crippen molar-refractivity contribution >= 4 is 11.4 Å². The van der Waals surface area contributed by atoms with E-state index in [0.717, 1.165) is 19.4 Å². The van der Waals surface area contributed by atoms with E-state index >= 15 is 0 Å². The van der Waals surface area contributed by atoms with Gasteiger partial charge in [0.25, 0.3) is 0 Å². The molecule has 14 heavy (non-hydrogen) atoms. The highest BCUT2D eigenvalue weighted by Gasteiger charge is 2.24. The predicted molar refractivity (Wildman–Crippen MR) is 56.9 cm³/mol. The van der Waals surface area contributed by atoms with Crippen LogP contribution in [0.25, 0.3) is 0 Å². The Kier molecular flexibility index (Phi) is 2.32. The number of benzene rings is 1. The van der Waals surface area contributed by atoms with Gasteiger partial charge >= 0.3 is 0 Å². The molecule has 0 radical (unpaired) electrons. The van der Waals surface area contributed by atoms with Crippen LogP contribution in [-0.2, 0) is 0 Å². The van der Waals surface area contributed by atoms with E-state index in [1.807, 2.05) is 0 Å². The van der Waals surface area contributed by atoms with Crippen LogP contribution in [0, 0.1) is 5.82 Å². The zero-order valence-electron chi connectivity index (χ0n) is 8.33. The van der Waals surface area contributed by atoms with Crippen molar-refractivity contribution in [2.24, 2.45) is 0 Å². The van der Waals surface area contributed by atoms with E-state index in [9.17, 15) is 4.39 Å². The Hall–Kier alpha value is -1.25. The van der Waals surface area contributed by atoms with Gasteiger partial charge in [0.05, 0.1) is 11.4 Å². The van der Waals surface area contributed by atoms with Crippen LogP contribution in [0.4, 0.5) is 15.8 Å². The molecule has 1 saturated heterocycles. The summed E-state index contributed by atoms with van der Waals surface area (Å²) in [5.41, 5.74) is 6.90. The molecule has 0 bridgehead atoms. The van der Waals surface area contributed by atoms with E-state index < -0.39 is 0 Å². The monoisotopic (exact) mass is 194 g/mol. The lowest BCUT2D eigenvalue weighted by molar-refractivity contribution is 0.614. The van der Waals surface area contributed by atoms with Gasteiger partial charge in [-0.2, -0.15) is 0 Å². The van der Waals surface area contributed by atoms with Crippen LogP contribution in [-0.4, -0.2) is 12.6 Å². The number of para-hydroxylation sites is 1. The van der Waals surface area contributed by atoms with Crippen molar-refractivity contribution in [1.29, 1.82) is 0 Å². The van der Waals surface area contributed by atoms with Gasteiger partial charge in [-0.05, 0) is 31.9 Å². The average Bonchev–Trinajstić information content (AvgIpc) is 2.52. The van der Waals surface area contributed by atoms with Gasteiger partial charge in [-0.3, -0.25) is 0 Å².